The predicted octanol–water partition coefficient (Wildman–Crippen LogP) is 2.54. The summed E-state index contributed by atoms with van der Waals surface area (Å²) in [6, 6.07) is 4.77. The monoisotopic (exact) mass is 292 g/mol. The normalized spacial score (nSPS) is 10.2. The van der Waals surface area contributed by atoms with E-state index in [-0.39, 0.29) is 12.4 Å². The largest absolute Gasteiger partial charge is 0.416 e. The fraction of sp³-hybridized carbons (Fsp3) is 0.286. The number of rotatable bonds is 4. The van der Waals surface area contributed by atoms with Gasteiger partial charge in [-0.3, -0.25) is 0 Å². The maximum Gasteiger partial charge on any atom is 0.276 e. The number of hydrogen-bond donors (Lipinski definition) is 1. The molecule has 0 amide bonds. The molecule has 0 radical (unpaired) electrons. The Labute approximate surface area is 120 Å². The van der Waals surface area contributed by atoms with E-state index in [4.69, 9.17) is 9.52 Å². The lowest BCUT2D eigenvalue weighted by Gasteiger charge is -2.01. The van der Waals surface area contributed by atoms with Gasteiger partial charge in [-0.05, 0) is 17.7 Å². The number of aromatic nitrogens is 2. The molecule has 1 heterocycles. The Hall–Kier alpha value is -1.84. The van der Waals surface area contributed by atoms with Gasteiger partial charge in [-0.1, -0.05) is 29.7 Å². The van der Waals surface area contributed by atoms with Crippen molar-refractivity contribution in [2.45, 2.75) is 24.3 Å². The summed E-state index contributed by atoms with van der Waals surface area (Å²) in [5, 5.41) is 16.8. The molecule has 0 bridgehead atoms. The van der Waals surface area contributed by atoms with Crippen molar-refractivity contribution in [1.29, 1.82) is 0 Å². The van der Waals surface area contributed by atoms with Crippen LogP contribution in [0, 0.1) is 24.6 Å². The molecule has 0 aliphatic rings. The third kappa shape index (κ3) is 4.08. The first-order chi connectivity index (χ1) is 9.69. The lowest BCUT2D eigenvalue weighted by Crippen LogP contribution is -1.88. The van der Waals surface area contributed by atoms with E-state index in [0.29, 0.717) is 28.9 Å². The summed E-state index contributed by atoms with van der Waals surface area (Å²) >= 11 is 1.39. The summed E-state index contributed by atoms with van der Waals surface area (Å²) in [7, 11) is 0. The standard InChI is InChI=1S/C14H13FN2O2S/c1-10-16-17-14(19-10)20-9-11-5-6-13(15)12(8-11)4-2-3-7-18/h5-6,8,18H,3,7,9H2,1H3. The highest BCUT2D eigenvalue weighted by Crippen LogP contribution is 2.22. The first kappa shape index (κ1) is 14.6. The highest BCUT2D eigenvalue weighted by molar-refractivity contribution is 7.98. The Bertz CT molecular complexity index is 646. The van der Waals surface area contributed by atoms with Gasteiger partial charge in [0.1, 0.15) is 5.82 Å². The van der Waals surface area contributed by atoms with Gasteiger partial charge in [-0.2, -0.15) is 0 Å². The molecule has 1 aromatic carbocycles. The van der Waals surface area contributed by atoms with Gasteiger partial charge in [0.15, 0.2) is 0 Å². The molecule has 2 rings (SSSR count). The average Bonchev–Trinajstić information content (AvgIpc) is 2.85. The zero-order valence-electron chi connectivity index (χ0n) is 10.9. The molecule has 0 saturated heterocycles. The molecule has 1 N–H and O–H groups in total. The summed E-state index contributed by atoms with van der Waals surface area (Å²) in [6.45, 7) is 1.70. The molecule has 4 nitrogen and oxygen atoms in total. The third-order valence-corrected chi connectivity index (χ3v) is 3.25. The van der Waals surface area contributed by atoms with Crippen molar-refractivity contribution >= 4 is 11.8 Å². The Kier molecular flexibility index (Phi) is 5.16. The number of thioether (sulfide) groups is 1. The minimum absolute atomic E-state index is 0.0271. The Morgan fingerprint density at radius 3 is 2.95 bits per heavy atom. The van der Waals surface area contributed by atoms with Crippen molar-refractivity contribution in [2.75, 3.05) is 6.61 Å². The van der Waals surface area contributed by atoms with Gasteiger partial charge in [0, 0.05) is 19.1 Å². The number of benzene rings is 1. The van der Waals surface area contributed by atoms with Gasteiger partial charge >= 0.3 is 0 Å². The van der Waals surface area contributed by atoms with E-state index in [1.54, 1.807) is 19.1 Å². The average molecular weight is 292 g/mol. The summed E-state index contributed by atoms with van der Waals surface area (Å²) < 4.78 is 18.8. The lowest BCUT2D eigenvalue weighted by molar-refractivity contribution is 0.305. The molecule has 0 spiro atoms. The minimum Gasteiger partial charge on any atom is -0.416 e. The quantitative estimate of drug-likeness (QED) is 0.693. The topological polar surface area (TPSA) is 59.2 Å². The first-order valence-electron chi connectivity index (χ1n) is 6.00. The number of aryl methyl sites for hydroxylation is 1. The Balaban J connectivity index is 2.05. The molecule has 0 atom stereocenters. The maximum atomic E-state index is 13.6. The molecule has 0 fully saturated rings. The van der Waals surface area contributed by atoms with E-state index in [9.17, 15) is 4.39 Å². The Morgan fingerprint density at radius 1 is 1.40 bits per heavy atom. The number of hydrogen-bond acceptors (Lipinski definition) is 5. The van der Waals surface area contributed by atoms with Gasteiger partial charge in [0.2, 0.25) is 5.89 Å². The number of halogens is 1. The molecule has 2 aromatic rings. The van der Waals surface area contributed by atoms with Crippen LogP contribution >= 0.6 is 11.8 Å². The Morgan fingerprint density at radius 2 is 2.25 bits per heavy atom. The van der Waals surface area contributed by atoms with Crippen LogP contribution in [0.4, 0.5) is 4.39 Å². The van der Waals surface area contributed by atoms with Gasteiger partial charge in [0.25, 0.3) is 5.22 Å². The van der Waals surface area contributed by atoms with Crippen LogP contribution < -0.4 is 0 Å². The van der Waals surface area contributed by atoms with E-state index in [1.165, 1.54) is 17.8 Å². The van der Waals surface area contributed by atoms with Gasteiger partial charge in [-0.25, -0.2) is 4.39 Å². The molecular weight excluding hydrogens is 279 g/mol. The zero-order chi connectivity index (χ0) is 14.4. The lowest BCUT2D eigenvalue weighted by atomic mass is 10.1. The molecular formula is C14H13FN2O2S. The van der Waals surface area contributed by atoms with Crippen molar-refractivity contribution in [2.24, 2.45) is 0 Å². The van der Waals surface area contributed by atoms with Crippen LogP contribution in [0.2, 0.25) is 0 Å². The summed E-state index contributed by atoms with van der Waals surface area (Å²) in [5.74, 6) is 6.17. The maximum absolute atomic E-state index is 13.6. The summed E-state index contributed by atoms with van der Waals surface area (Å²) in [5.41, 5.74) is 1.25. The van der Waals surface area contributed by atoms with E-state index in [2.05, 4.69) is 22.0 Å². The van der Waals surface area contributed by atoms with Crippen LogP contribution in [-0.4, -0.2) is 21.9 Å². The van der Waals surface area contributed by atoms with Gasteiger partial charge < -0.3 is 9.52 Å². The molecule has 6 heteroatoms. The summed E-state index contributed by atoms with van der Waals surface area (Å²) in [4.78, 5) is 0. The second-order valence-electron chi connectivity index (χ2n) is 3.97. The molecule has 0 aliphatic heterocycles. The highest BCUT2D eigenvalue weighted by Gasteiger charge is 2.06. The van der Waals surface area contributed by atoms with Crippen LogP contribution in [0.15, 0.2) is 27.8 Å². The summed E-state index contributed by atoms with van der Waals surface area (Å²) in [6.07, 6.45) is 0.333. The van der Waals surface area contributed by atoms with Crippen molar-refractivity contribution < 1.29 is 13.9 Å². The molecule has 0 aliphatic carbocycles. The highest BCUT2D eigenvalue weighted by atomic mass is 32.2. The fourth-order valence-corrected chi connectivity index (χ4v) is 2.20. The second kappa shape index (κ2) is 7.08. The molecule has 104 valence electrons. The molecule has 20 heavy (non-hydrogen) atoms. The van der Waals surface area contributed by atoms with Gasteiger partial charge in [-0.15, -0.1) is 10.2 Å². The molecule has 1 aromatic heterocycles. The first-order valence-corrected chi connectivity index (χ1v) is 6.98. The minimum atomic E-state index is -0.363. The van der Waals surface area contributed by atoms with Crippen LogP contribution in [-0.2, 0) is 5.75 Å². The van der Waals surface area contributed by atoms with Crippen LogP contribution in [0.5, 0.6) is 0 Å². The number of nitrogens with zero attached hydrogens (tertiary/aromatic N) is 2. The van der Waals surface area contributed by atoms with E-state index >= 15 is 0 Å². The third-order valence-electron chi connectivity index (χ3n) is 2.36. The SMILES string of the molecule is Cc1nnc(SCc2ccc(F)c(C#CCCO)c2)o1. The van der Waals surface area contributed by atoms with Crippen molar-refractivity contribution in [3.05, 3.63) is 41.0 Å². The van der Waals surface area contributed by atoms with Crippen LogP contribution in [0.1, 0.15) is 23.4 Å². The van der Waals surface area contributed by atoms with Crippen LogP contribution in [0.25, 0.3) is 0 Å². The van der Waals surface area contributed by atoms with Crippen molar-refractivity contribution in [3.63, 3.8) is 0 Å². The second-order valence-corrected chi connectivity index (χ2v) is 4.89. The van der Waals surface area contributed by atoms with Crippen LogP contribution in [0.3, 0.4) is 0 Å². The van der Waals surface area contributed by atoms with E-state index in [0.717, 1.165) is 5.56 Å². The van der Waals surface area contributed by atoms with E-state index < -0.39 is 0 Å². The molecule has 0 saturated carbocycles. The van der Waals surface area contributed by atoms with E-state index in [1.807, 2.05) is 0 Å². The predicted molar refractivity (Wildman–Crippen MR) is 73.6 cm³/mol. The fourth-order valence-electron chi connectivity index (χ4n) is 1.45. The van der Waals surface area contributed by atoms with Crippen molar-refractivity contribution in [1.82, 2.24) is 10.2 Å². The smallest absolute Gasteiger partial charge is 0.276 e. The van der Waals surface area contributed by atoms with Crippen molar-refractivity contribution in [3.8, 4) is 11.8 Å². The number of aliphatic hydroxyl groups excluding tert-OH is 1. The number of aliphatic hydroxyl groups is 1. The molecule has 0 unspecified atom stereocenters. The van der Waals surface area contributed by atoms with Gasteiger partial charge in [0.05, 0.1) is 12.2 Å². The zero-order valence-corrected chi connectivity index (χ0v) is 11.7.